The molecule has 1 unspecified atom stereocenters. The van der Waals surface area contributed by atoms with Crippen LogP contribution in [0.5, 0.6) is 0 Å². The summed E-state index contributed by atoms with van der Waals surface area (Å²) in [6, 6.07) is -0.219. The van der Waals surface area contributed by atoms with Gasteiger partial charge in [-0.2, -0.15) is 8.42 Å². The van der Waals surface area contributed by atoms with Gasteiger partial charge in [-0.15, -0.1) is 0 Å². The van der Waals surface area contributed by atoms with Gasteiger partial charge in [0.2, 0.25) is 10.3 Å². The Labute approximate surface area is 60.6 Å². The summed E-state index contributed by atoms with van der Waals surface area (Å²) >= 11 is 0. The van der Waals surface area contributed by atoms with Crippen molar-refractivity contribution in [2.75, 3.05) is 0 Å². The zero-order valence-electron chi connectivity index (χ0n) is 5.48. The van der Waals surface area contributed by atoms with Gasteiger partial charge in [-0.05, 0) is 19.1 Å². The zero-order chi connectivity index (χ0) is 7.56. The van der Waals surface area contributed by atoms with Crippen molar-refractivity contribution >= 4 is 21.4 Å². The van der Waals surface area contributed by atoms with Crippen molar-refractivity contribution in [1.29, 1.82) is 0 Å². The second-order valence-electron chi connectivity index (χ2n) is 1.97. The molecule has 0 fully saturated rings. The largest absolute Gasteiger partial charge is 0.284 e. The Kier molecular flexibility index (Phi) is 2.01. The van der Waals surface area contributed by atoms with Gasteiger partial charge in [-0.3, -0.25) is 4.99 Å². The number of hydrogen-bond acceptors (Lipinski definition) is 3. The third kappa shape index (κ3) is 1.33. The lowest BCUT2D eigenvalue weighted by Gasteiger charge is -2.04. The van der Waals surface area contributed by atoms with Gasteiger partial charge < -0.3 is 0 Å². The quantitative estimate of drug-likeness (QED) is 0.467. The fourth-order valence-corrected chi connectivity index (χ4v) is 1.25. The number of rotatable bonds is 0. The molecular weight excluding hydrogens is 150 g/mol. The summed E-state index contributed by atoms with van der Waals surface area (Å²) in [7, 11) is -2.12. The third-order valence-corrected chi connectivity index (χ3v) is 2.12. The number of hydrogen-bond donors (Lipinski definition) is 0. The molecule has 0 bridgehead atoms. The van der Waals surface area contributed by atoms with E-state index in [1.54, 1.807) is 25.3 Å². The predicted octanol–water partition coefficient (Wildman–Crippen LogP) is 0.0670. The van der Waals surface area contributed by atoms with Crippen LogP contribution in [0.15, 0.2) is 17.1 Å². The summed E-state index contributed by atoms with van der Waals surface area (Å²) in [4.78, 5) is 4.24. The van der Waals surface area contributed by atoms with Gasteiger partial charge in [-0.1, -0.05) is 0 Å². The van der Waals surface area contributed by atoms with Crippen LogP contribution >= 0.6 is 0 Å². The van der Waals surface area contributed by atoms with Gasteiger partial charge in [0, 0.05) is 6.21 Å². The van der Waals surface area contributed by atoms with Gasteiger partial charge >= 0.3 is 0 Å². The summed E-state index contributed by atoms with van der Waals surface area (Å²) in [5, 5.41) is 0. The molecule has 0 saturated carbocycles. The molecule has 0 N–H and O–H groups in total. The molecule has 0 aliphatic carbocycles. The maximum absolute atomic E-state index is 10.4. The van der Waals surface area contributed by atoms with Crippen molar-refractivity contribution in [2.24, 2.45) is 4.99 Å². The molecule has 1 aliphatic heterocycles. The van der Waals surface area contributed by atoms with Gasteiger partial charge in [0.05, 0.1) is 10.9 Å². The molecule has 0 aromatic rings. The van der Waals surface area contributed by atoms with Gasteiger partial charge in [0.1, 0.15) is 0 Å². The highest BCUT2D eigenvalue weighted by atomic mass is 32.2. The van der Waals surface area contributed by atoms with Crippen LogP contribution in [0.1, 0.15) is 6.92 Å². The molecule has 3 nitrogen and oxygen atoms in total. The zero-order valence-corrected chi connectivity index (χ0v) is 6.30. The van der Waals surface area contributed by atoms with E-state index in [0.717, 1.165) is 0 Å². The summed E-state index contributed by atoms with van der Waals surface area (Å²) in [5.74, 6) is 0. The van der Waals surface area contributed by atoms with Crippen LogP contribution in [0, 0.1) is 0 Å². The lowest BCUT2D eigenvalue weighted by Crippen LogP contribution is -2.15. The Morgan fingerprint density at radius 2 is 2.30 bits per heavy atom. The van der Waals surface area contributed by atoms with E-state index in [-0.39, 0.29) is 6.04 Å². The number of aliphatic imine (C=N–C) groups is 1. The molecule has 0 radical (unpaired) electrons. The monoisotopic (exact) mass is 157 g/mol. The van der Waals surface area contributed by atoms with Crippen LogP contribution in [0.3, 0.4) is 0 Å². The highest BCUT2D eigenvalue weighted by Crippen LogP contribution is 1.97. The molecule has 1 atom stereocenters. The van der Waals surface area contributed by atoms with Crippen molar-refractivity contribution < 1.29 is 8.42 Å². The first-order valence-corrected chi connectivity index (χ1v) is 3.95. The summed E-state index contributed by atoms with van der Waals surface area (Å²) < 4.78 is 20.8. The molecule has 1 heterocycles. The maximum atomic E-state index is 10.4. The SMILES string of the molecule is CC1N=CC=CC1=S(=O)=O. The van der Waals surface area contributed by atoms with Gasteiger partial charge in [-0.25, -0.2) is 0 Å². The van der Waals surface area contributed by atoms with Crippen molar-refractivity contribution in [3.05, 3.63) is 12.2 Å². The van der Waals surface area contributed by atoms with Crippen LogP contribution in [0.2, 0.25) is 0 Å². The average Bonchev–Trinajstić information content (AvgIpc) is 1.88. The predicted molar refractivity (Wildman–Crippen MR) is 41.0 cm³/mol. The molecule has 1 rings (SSSR count). The van der Waals surface area contributed by atoms with E-state index in [0.29, 0.717) is 4.86 Å². The molecule has 0 spiro atoms. The molecule has 0 aromatic heterocycles. The molecule has 54 valence electrons. The van der Waals surface area contributed by atoms with E-state index in [4.69, 9.17) is 0 Å². The molecule has 10 heavy (non-hydrogen) atoms. The second kappa shape index (κ2) is 2.79. The Morgan fingerprint density at radius 1 is 1.60 bits per heavy atom. The Balaban J connectivity index is 3.15. The molecule has 0 amide bonds. The molecule has 4 heteroatoms. The van der Waals surface area contributed by atoms with Gasteiger partial charge in [0.15, 0.2) is 0 Å². The molecular formula is C6H7NO2S. The fourth-order valence-electron chi connectivity index (χ4n) is 0.724. The van der Waals surface area contributed by atoms with Crippen LogP contribution in [-0.2, 0) is 10.3 Å². The summed E-state index contributed by atoms with van der Waals surface area (Å²) in [6.45, 7) is 1.74. The third-order valence-electron chi connectivity index (χ3n) is 1.26. The van der Waals surface area contributed by atoms with Crippen molar-refractivity contribution in [3.63, 3.8) is 0 Å². The minimum Gasteiger partial charge on any atom is -0.284 e. The van der Waals surface area contributed by atoms with E-state index in [2.05, 4.69) is 4.99 Å². The highest BCUT2D eigenvalue weighted by Gasteiger charge is 2.08. The van der Waals surface area contributed by atoms with Crippen LogP contribution in [0.4, 0.5) is 0 Å². The van der Waals surface area contributed by atoms with E-state index in [9.17, 15) is 8.42 Å². The molecule has 0 saturated heterocycles. The Bertz CT molecular complexity index is 303. The number of nitrogens with zero attached hydrogens (tertiary/aromatic N) is 1. The van der Waals surface area contributed by atoms with E-state index < -0.39 is 10.3 Å². The normalized spacial score (nSPS) is 23.3. The Morgan fingerprint density at radius 3 is 2.70 bits per heavy atom. The summed E-state index contributed by atoms with van der Waals surface area (Å²) in [5.41, 5.74) is 0. The number of allylic oxidation sites excluding steroid dienone is 1. The minimum absolute atomic E-state index is 0.219. The van der Waals surface area contributed by atoms with E-state index in [1.807, 2.05) is 0 Å². The van der Waals surface area contributed by atoms with E-state index in [1.165, 1.54) is 0 Å². The van der Waals surface area contributed by atoms with Crippen LogP contribution in [-0.4, -0.2) is 25.5 Å². The highest BCUT2D eigenvalue weighted by molar-refractivity contribution is 7.73. The smallest absolute Gasteiger partial charge is 0.219 e. The molecule has 1 aliphatic rings. The lowest BCUT2D eigenvalue weighted by atomic mass is 10.2. The topological polar surface area (TPSA) is 46.5 Å². The minimum atomic E-state index is -2.12. The summed E-state index contributed by atoms with van der Waals surface area (Å²) in [6.07, 6.45) is 4.77. The van der Waals surface area contributed by atoms with Crippen LogP contribution in [0.25, 0.3) is 0 Å². The Hall–Kier alpha value is -0.900. The standard InChI is InChI=1S/C6H7NO2S/c1-5-6(10(8)9)3-2-4-7-5/h2-5H,1H3. The van der Waals surface area contributed by atoms with Crippen molar-refractivity contribution in [2.45, 2.75) is 13.0 Å². The maximum Gasteiger partial charge on any atom is 0.219 e. The average molecular weight is 157 g/mol. The van der Waals surface area contributed by atoms with Crippen LogP contribution < -0.4 is 0 Å². The lowest BCUT2D eigenvalue weighted by molar-refractivity contribution is 0.626. The van der Waals surface area contributed by atoms with Crippen molar-refractivity contribution in [1.82, 2.24) is 0 Å². The van der Waals surface area contributed by atoms with E-state index >= 15 is 0 Å². The van der Waals surface area contributed by atoms with Crippen molar-refractivity contribution in [3.8, 4) is 0 Å². The number of dihydropyridines is 1. The first kappa shape index (κ1) is 7.21. The van der Waals surface area contributed by atoms with Gasteiger partial charge in [0.25, 0.3) is 0 Å². The second-order valence-corrected chi connectivity index (χ2v) is 2.91. The first-order chi connectivity index (χ1) is 4.72. The fraction of sp³-hybridized carbons (Fsp3) is 0.333. The first-order valence-electron chi connectivity index (χ1n) is 2.88. The molecule has 0 aromatic carbocycles.